The van der Waals surface area contributed by atoms with Gasteiger partial charge in [0.05, 0.1) is 23.2 Å². The summed E-state index contributed by atoms with van der Waals surface area (Å²) in [5, 5.41) is 1.75. The van der Waals surface area contributed by atoms with Crippen LogP contribution >= 0.6 is 27.5 Å². The Morgan fingerprint density at radius 2 is 1.93 bits per heavy atom. The summed E-state index contributed by atoms with van der Waals surface area (Å²) in [6, 6.07) is 16.1. The van der Waals surface area contributed by atoms with E-state index in [-0.39, 0.29) is 0 Å². The topological polar surface area (TPSA) is 39.9 Å². The van der Waals surface area contributed by atoms with Crippen molar-refractivity contribution in [1.82, 2.24) is 14.5 Å². The first-order valence-electron chi connectivity index (χ1n) is 9.96. The van der Waals surface area contributed by atoms with Gasteiger partial charge in [0.2, 0.25) is 0 Å². The molecule has 2 aromatic heterocycles. The first-order valence-corrected chi connectivity index (χ1v) is 11.1. The molecule has 2 aromatic carbocycles. The third-order valence-electron chi connectivity index (χ3n) is 4.93. The number of ether oxygens (including phenoxy) is 1. The van der Waals surface area contributed by atoms with Crippen LogP contribution in [-0.4, -0.2) is 21.1 Å². The maximum absolute atomic E-state index is 6.30. The van der Waals surface area contributed by atoms with E-state index in [4.69, 9.17) is 21.3 Å². The molecule has 2 heterocycles. The largest absolute Gasteiger partial charge is 0.361 e. The molecule has 0 saturated heterocycles. The Morgan fingerprint density at radius 3 is 2.73 bits per heavy atom. The zero-order chi connectivity index (χ0) is 21.1. The lowest BCUT2D eigenvalue weighted by atomic mass is 10.0. The zero-order valence-corrected chi connectivity index (χ0v) is 19.3. The van der Waals surface area contributed by atoms with Crippen molar-refractivity contribution in [2.24, 2.45) is 5.92 Å². The molecule has 0 aliphatic rings. The van der Waals surface area contributed by atoms with Gasteiger partial charge in [-0.1, -0.05) is 43.6 Å². The summed E-state index contributed by atoms with van der Waals surface area (Å²) in [6.07, 6.45) is 4.67. The number of pyridine rings is 1. The molecule has 0 N–H and O–H groups in total. The number of nitrogens with zero attached hydrogens (tertiary/aromatic N) is 3. The minimum absolute atomic E-state index is 0.447. The van der Waals surface area contributed by atoms with Gasteiger partial charge in [0.1, 0.15) is 6.73 Å². The van der Waals surface area contributed by atoms with Crippen molar-refractivity contribution in [3.8, 4) is 22.5 Å². The van der Waals surface area contributed by atoms with E-state index >= 15 is 0 Å². The SMILES string of the molecule is CC(C)CCOCn1cnc(-c2ccc3ncc(Br)cc3c2)c1-c1cccc(Cl)c1. The van der Waals surface area contributed by atoms with Crippen LogP contribution in [0.2, 0.25) is 5.02 Å². The summed E-state index contributed by atoms with van der Waals surface area (Å²) in [4.78, 5) is 9.21. The predicted molar refractivity (Wildman–Crippen MR) is 127 cm³/mol. The fourth-order valence-electron chi connectivity index (χ4n) is 3.36. The number of imidazole rings is 1. The molecule has 4 aromatic rings. The van der Waals surface area contributed by atoms with Crippen LogP contribution in [0.1, 0.15) is 20.3 Å². The number of halogens is 2. The van der Waals surface area contributed by atoms with Crippen molar-refractivity contribution in [1.29, 1.82) is 0 Å². The second-order valence-electron chi connectivity index (χ2n) is 7.70. The molecule has 0 unspecified atom stereocenters. The Bertz CT molecular complexity index is 1170. The van der Waals surface area contributed by atoms with E-state index in [0.29, 0.717) is 17.7 Å². The molecule has 0 spiro atoms. The van der Waals surface area contributed by atoms with Crippen LogP contribution in [0.25, 0.3) is 33.4 Å². The fraction of sp³-hybridized carbons (Fsp3) is 0.250. The van der Waals surface area contributed by atoms with Crippen molar-refractivity contribution in [2.75, 3.05) is 6.61 Å². The maximum atomic E-state index is 6.30. The number of rotatable bonds is 7. The van der Waals surface area contributed by atoms with Crippen LogP contribution in [0.15, 0.2) is 65.5 Å². The van der Waals surface area contributed by atoms with E-state index in [0.717, 1.165) is 50.9 Å². The molecule has 4 nitrogen and oxygen atoms in total. The summed E-state index contributed by atoms with van der Waals surface area (Å²) in [5.41, 5.74) is 4.87. The fourth-order valence-corrected chi connectivity index (χ4v) is 3.90. The van der Waals surface area contributed by atoms with Gasteiger partial charge in [-0.15, -0.1) is 0 Å². The van der Waals surface area contributed by atoms with E-state index < -0.39 is 0 Å². The van der Waals surface area contributed by atoms with E-state index in [2.05, 4.69) is 59.0 Å². The number of benzene rings is 2. The minimum Gasteiger partial charge on any atom is -0.361 e. The second-order valence-corrected chi connectivity index (χ2v) is 9.05. The quantitative estimate of drug-likeness (QED) is 0.260. The van der Waals surface area contributed by atoms with Crippen molar-refractivity contribution < 1.29 is 4.74 Å². The van der Waals surface area contributed by atoms with Gasteiger partial charge in [-0.2, -0.15) is 0 Å². The van der Waals surface area contributed by atoms with E-state index in [1.54, 1.807) is 0 Å². The smallest absolute Gasteiger partial charge is 0.124 e. The number of fused-ring (bicyclic) bond motifs is 1. The molecule has 4 rings (SSSR count). The molecular weight excluding hydrogens is 462 g/mol. The summed E-state index contributed by atoms with van der Waals surface area (Å²) < 4.78 is 8.93. The van der Waals surface area contributed by atoms with Gasteiger partial charge in [0, 0.05) is 38.8 Å². The second kappa shape index (κ2) is 9.29. The highest BCUT2D eigenvalue weighted by Gasteiger charge is 2.16. The molecule has 0 aliphatic heterocycles. The molecular formula is C24H23BrClN3O. The Balaban J connectivity index is 1.75. The number of aromatic nitrogens is 3. The first kappa shape index (κ1) is 21.0. The van der Waals surface area contributed by atoms with Crippen LogP contribution < -0.4 is 0 Å². The van der Waals surface area contributed by atoms with Crippen LogP contribution in [0.4, 0.5) is 0 Å². The Morgan fingerprint density at radius 1 is 1.07 bits per heavy atom. The normalized spacial score (nSPS) is 11.5. The third-order valence-corrected chi connectivity index (χ3v) is 5.60. The summed E-state index contributed by atoms with van der Waals surface area (Å²) >= 11 is 9.80. The summed E-state index contributed by atoms with van der Waals surface area (Å²) in [6.45, 7) is 5.56. The molecule has 30 heavy (non-hydrogen) atoms. The molecule has 0 fully saturated rings. The summed E-state index contributed by atoms with van der Waals surface area (Å²) in [5.74, 6) is 0.612. The van der Waals surface area contributed by atoms with Gasteiger partial charge in [-0.05, 0) is 58.6 Å². The molecule has 0 bridgehead atoms. The van der Waals surface area contributed by atoms with Crippen LogP contribution in [-0.2, 0) is 11.5 Å². The van der Waals surface area contributed by atoms with Gasteiger partial charge >= 0.3 is 0 Å². The van der Waals surface area contributed by atoms with Gasteiger partial charge in [0.25, 0.3) is 0 Å². The van der Waals surface area contributed by atoms with E-state index in [1.807, 2.05) is 41.4 Å². The van der Waals surface area contributed by atoms with Crippen LogP contribution in [0.5, 0.6) is 0 Å². The average molecular weight is 485 g/mol. The van der Waals surface area contributed by atoms with Crippen molar-refractivity contribution in [3.63, 3.8) is 0 Å². The highest BCUT2D eigenvalue weighted by Crippen LogP contribution is 2.34. The van der Waals surface area contributed by atoms with Crippen molar-refractivity contribution in [2.45, 2.75) is 27.0 Å². The molecule has 154 valence electrons. The number of hydrogen-bond acceptors (Lipinski definition) is 3. The van der Waals surface area contributed by atoms with E-state index in [9.17, 15) is 0 Å². The Kier molecular flexibility index (Phi) is 6.52. The van der Waals surface area contributed by atoms with Gasteiger partial charge < -0.3 is 9.30 Å². The van der Waals surface area contributed by atoms with E-state index in [1.165, 1.54) is 0 Å². The lowest BCUT2D eigenvalue weighted by Crippen LogP contribution is -2.06. The molecule has 6 heteroatoms. The van der Waals surface area contributed by atoms with Crippen molar-refractivity contribution in [3.05, 3.63) is 70.6 Å². The van der Waals surface area contributed by atoms with Gasteiger partial charge in [-0.3, -0.25) is 4.98 Å². The minimum atomic E-state index is 0.447. The lowest BCUT2D eigenvalue weighted by molar-refractivity contribution is 0.0701. The van der Waals surface area contributed by atoms with Crippen LogP contribution in [0.3, 0.4) is 0 Å². The maximum Gasteiger partial charge on any atom is 0.124 e. The molecule has 0 aliphatic carbocycles. The molecule has 0 atom stereocenters. The molecule has 0 radical (unpaired) electrons. The lowest BCUT2D eigenvalue weighted by Gasteiger charge is -2.12. The molecule has 0 saturated carbocycles. The predicted octanol–water partition coefficient (Wildman–Crippen LogP) is 7.20. The Hall–Kier alpha value is -2.21. The molecule has 0 amide bonds. The highest BCUT2D eigenvalue weighted by atomic mass is 79.9. The monoisotopic (exact) mass is 483 g/mol. The third kappa shape index (κ3) is 4.75. The zero-order valence-electron chi connectivity index (χ0n) is 17.0. The van der Waals surface area contributed by atoms with Gasteiger partial charge in [-0.25, -0.2) is 4.98 Å². The average Bonchev–Trinajstić information content (AvgIpc) is 3.14. The summed E-state index contributed by atoms with van der Waals surface area (Å²) in [7, 11) is 0. The standard InChI is InChI=1S/C24H23BrClN3O/c1-16(2)8-9-30-15-29-14-28-23(24(29)18-4-3-5-21(26)12-18)17-6-7-22-19(10-17)11-20(25)13-27-22/h3-7,10-14,16H,8-9,15H2,1-2H3. The van der Waals surface area contributed by atoms with Crippen molar-refractivity contribution >= 4 is 38.4 Å². The van der Waals surface area contributed by atoms with Gasteiger partial charge in [0.15, 0.2) is 0 Å². The highest BCUT2D eigenvalue weighted by molar-refractivity contribution is 9.10. The Labute approximate surface area is 190 Å². The van der Waals surface area contributed by atoms with Crippen LogP contribution in [0, 0.1) is 5.92 Å². The first-order chi connectivity index (χ1) is 14.5. The number of hydrogen-bond donors (Lipinski definition) is 0.